The van der Waals surface area contributed by atoms with E-state index >= 15 is 0 Å². The Morgan fingerprint density at radius 2 is 1.91 bits per heavy atom. The van der Waals surface area contributed by atoms with Gasteiger partial charge in [-0.2, -0.15) is 0 Å². The number of carbonyl (C=O) groups is 1. The van der Waals surface area contributed by atoms with Gasteiger partial charge in [-0.05, 0) is 37.6 Å². The van der Waals surface area contributed by atoms with E-state index in [1.165, 1.54) is 5.56 Å². The predicted molar refractivity (Wildman–Crippen MR) is 97.5 cm³/mol. The highest BCUT2D eigenvalue weighted by Gasteiger charge is 2.08. The maximum atomic E-state index is 8.00. The number of unbranched alkanes of at least 4 members (excludes halogenated alkanes) is 1. The van der Waals surface area contributed by atoms with Crippen molar-refractivity contribution in [2.24, 2.45) is 5.73 Å². The van der Waals surface area contributed by atoms with Gasteiger partial charge < -0.3 is 25.3 Å². The molecule has 3 N–H and O–H groups in total. The minimum absolute atomic E-state index is 0.113. The first-order valence-corrected chi connectivity index (χ1v) is 8.20. The van der Waals surface area contributed by atoms with Gasteiger partial charge in [0, 0.05) is 12.6 Å². The molecule has 0 aliphatic carbocycles. The van der Waals surface area contributed by atoms with Crippen LogP contribution in [0.3, 0.4) is 0 Å². The van der Waals surface area contributed by atoms with Crippen molar-refractivity contribution < 1.29 is 14.3 Å². The first-order chi connectivity index (χ1) is 11.2. The molecule has 0 spiro atoms. The second-order valence-electron chi connectivity index (χ2n) is 4.71. The Hall–Kier alpha value is -1.59. The molecule has 5 nitrogen and oxygen atoms in total. The molecule has 1 aromatic carbocycles. The van der Waals surface area contributed by atoms with Crippen molar-refractivity contribution in [2.45, 2.75) is 46.1 Å². The second-order valence-corrected chi connectivity index (χ2v) is 4.71. The van der Waals surface area contributed by atoms with Crippen molar-refractivity contribution in [3.8, 4) is 11.5 Å². The summed E-state index contributed by atoms with van der Waals surface area (Å²) in [6, 6.07) is 6.13. The molecule has 0 aliphatic rings. The van der Waals surface area contributed by atoms with Gasteiger partial charge in [-0.3, -0.25) is 0 Å². The van der Waals surface area contributed by atoms with E-state index in [1.807, 2.05) is 45.9 Å². The highest BCUT2D eigenvalue weighted by molar-refractivity contribution is 5.43. The fraction of sp³-hybridized carbons (Fsp3) is 0.611. The van der Waals surface area contributed by atoms with Crippen LogP contribution in [0.4, 0.5) is 0 Å². The van der Waals surface area contributed by atoms with Crippen LogP contribution < -0.4 is 20.5 Å². The molecular weight excluding hydrogens is 292 g/mol. The maximum Gasteiger partial charge on any atom is 0.161 e. The number of ether oxygens (including phenoxy) is 2. The average Bonchev–Trinajstić information content (AvgIpc) is 2.59. The number of likely N-dealkylation sites (N-methyl/N-ethyl adjacent to an activating group) is 1. The predicted octanol–water partition coefficient (Wildman–Crippen LogP) is 2.80. The van der Waals surface area contributed by atoms with E-state index < -0.39 is 0 Å². The van der Waals surface area contributed by atoms with Crippen LogP contribution in [0.15, 0.2) is 18.2 Å². The van der Waals surface area contributed by atoms with Crippen LogP contribution in [-0.2, 0) is 11.2 Å². The molecule has 0 aliphatic heterocycles. The summed E-state index contributed by atoms with van der Waals surface area (Å²) in [5.74, 6) is 1.59. The summed E-state index contributed by atoms with van der Waals surface area (Å²) in [7, 11) is 3.57. The molecule has 0 fully saturated rings. The Labute approximate surface area is 141 Å². The van der Waals surface area contributed by atoms with Gasteiger partial charge in [-0.25, -0.2) is 0 Å². The zero-order valence-electron chi connectivity index (χ0n) is 15.4. The minimum atomic E-state index is 0.113. The second kappa shape index (κ2) is 16.8. The van der Waals surface area contributed by atoms with E-state index in [4.69, 9.17) is 20.0 Å². The zero-order chi connectivity index (χ0) is 18.1. The van der Waals surface area contributed by atoms with Crippen LogP contribution in [0.25, 0.3) is 0 Å². The maximum absolute atomic E-state index is 8.00. The van der Waals surface area contributed by atoms with Crippen LogP contribution >= 0.6 is 0 Å². The lowest BCUT2D eigenvalue weighted by Gasteiger charge is -2.14. The normalized spacial score (nSPS) is 10.5. The Balaban J connectivity index is 0. The summed E-state index contributed by atoms with van der Waals surface area (Å²) in [4.78, 5) is 8.00. The lowest BCUT2D eigenvalue weighted by atomic mass is 10.1. The number of nitrogens with one attached hydrogen (secondary N) is 1. The third kappa shape index (κ3) is 10.7. The summed E-state index contributed by atoms with van der Waals surface area (Å²) in [5, 5.41) is 3.09. The van der Waals surface area contributed by atoms with Crippen molar-refractivity contribution in [1.29, 1.82) is 0 Å². The molecule has 0 bridgehead atoms. The van der Waals surface area contributed by atoms with Crippen LogP contribution in [0, 0.1) is 0 Å². The summed E-state index contributed by atoms with van der Waals surface area (Å²) >= 11 is 0. The van der Waals surface area contributed by atoms with E-state index in [9.17, 15) is 0 Å². The molecule has 134 valence electrons. The highest BCUT2D eigenvalue weighted by atomic mass is 16.5. The molecule has 0 saturated carbocycles. The molecule has 1 atom stereocenters. The summed E-state index contributed by atoms with van der Waals surface area (Å²) in [5.41, 5.74) is 7.20. The smallest absolute Gasteiger partial charge is 0.161 e. The molecule has 0 radical (unpaired) electrons. The lowest BCUT2D eigenvalue weighted by Crippen LogP contribution is -2.33. The Kier molecular flexibility index (Phi) is 17.3. The largest absolute Gasteiger partial charge is 0.493 e. The summed E-state index contributed by atoms with van der Waals surface area (Å²) in [6.45, 7) is 9.67. The van der Waals surface area contributed by atoms with E-state index in [0.29, 0.717) is 0 Å². The molecule has 0 amide bonds. The van der Waals surface area contributed by atoms with Crippen molar-refractivity contribution >= 4 is 6.79 Å². The molecule has 0 aromatic heterocycles. The number of benzene rings is 1. The molecule has 5 heteroatoms. The molecule has 1 aromatic rings. The van der Waals surface area contributed by atoms with Gasteiger partial charge in [0.2, 0.25) is 0 Å². The third-order valence-corrected chi connectivity index (χ3v) is 2.95. The lowest BCUT2D eigenvalue weighted by molar-refractivity contribution is -0.0979. The minimum Gasteiger partial charge on any atom is -0.493 e. The first kappa shape index (κ1) is 23.7. The van der Waals surface area contributed by atoms with E-state index in [2.05, 4.69) is 12.2 Å². The van der Waals surface area contributed by atoms with Crippen molar-refractivity contribution in [3.05, 3.63) is 23.8 Å². The Bertz CT molecular complexity index is 387. The van der Waals surface area contributed by atoms with E-state index in [0.717, 1.165) is 43.9 Å². The van der Waals surface area contributed by atoms with Gasteiger partial charge in [0.1, 0.15) is 6.79 Å². The summed E-state index contributed by atoms with van der Waals surface area (Å²) in [6.07, 6.45) is 3.00. The molecule has 1 unspecified atom stereocenters. The number of nitrogens with two attached hydrogens (primary N) is 1. The van der Waals surface area contributed by atoms with Gasteiger partial charge in [0.05, 0.1) is 13.7 Å². The molecular formula is C18H34N2O3. The molecule has 1 rings (SSSR count). The first-order valence-electron chi connectivity index (χ1n) is 8.20. The van der Waals surface area contributed by atoms with Crippen LogP contribution in [-0.4, -0.2) is 40.1 Å². The fourth-order valence-corrected chi connectivity index (χ4v) is 1.92. The van der Waals surface area contributed by atoms with Crippen molar-refractivity contribution in [2.75, 3.05) is 27.3 Å². The number of methoxy groups -OCH3 is 1. The number of rotatable bonds is 9. The average molecular weight is 326 g/mol. The van der Waals surface area contributed by atoms with Crippen molar-refractivity contribution in [1.82, 2.24) is 5.32 Å². The van der Waals surface area contributed by atoms with Crippen molar-refractivity contribution in [3.63, 3.8) is 0 Å². The molecule has 0 saturated heterocycles. The van der Waals surface area contributed by atoms with E-state index in [-0.39, 0.29) is 6.04 Å². The number of carbonyl (C=O) groups excluding carboxylic acids is 1. The number of hydrogen-bond donors (Lipinski definition) is 2. The Morgan fingerprint density at radius 1 is 1.26 bits per heavy atom. The van der Waals surface area contributed by atoms with Gasteiger partial charge in [-0.1, -0.05) is 33.3 Å². The monoisotopic (exact) mass is 326 g/mol. The third-order valence-electron chi connectivity index (χ3n) is 2.95. The Morgan fingerprint density at radius 3 is 2.43 bits per heavy atom. The van der Waals surface area contributed by atoms with Crippen LogP contribution in [0.5, 0.6) is 11.5 Å². The topological polar surface area (TPSA) is 73.6 Å². The quantitative estimate of drug-likeness (QED) is 0.683. The van der Waals surface area contributed by atoms with Crippen LogP contribution in [0.2, 0.25) is 0 Å². The fourth-order valence-electron chi connectivity index (χ4n) is 1.92. The SMILES string of the molecule is C=O.CC.CCCCOc1cc(CC(N)CNC)ccc1OC. The van der Waals surface area contributed by atoms with Crippen LogP contribution in [0.1, 0.15) is 39.2 Å². The van der Waals surface area contributed by atoms with Gasteiger partial charge >= 0.3 is 0 Å². The van der Waals surface area contributed by atoms with Gasteiger partial charge in [-0.15, -0.1) is 0 Å². The van der Waals surface area contributed by atoms with Gasteiger partial charge in [0.25, 0.3) is 0 Å². The standard InChI is InChI=1S/C15H26N2O2.C2H6.CH2O/c1-4-5-8-19-15-10-12(6-7-14(15)18-3)9-13(16)11-17-2;2*1-2/h6-7,10,13,17H,4-5,8-9,11,16H2,1-3H3;1-2H3;1H2. The molecule has 23 heavy (non-hydrogen) atoms. The molecule has 0 heterocycles. The summed E-state index contributed by atoms with van der Waals surface area (Å²) < 4.78 is 11.1. The highest BCUT2D eigenvalue weighted by Crippen LogP contribution is 2.28. The zero-order valence-corrected chi connectivity index (χ0v) is 15.4. The van der Waals surface area contributed by atoms with Gasteiger partial charge in [0.15, 0.2) is 11.5 Å². The number of hydrogen-bond acceptors (Lipinski definition) is 5. The van der Waals surface area contributed by atoms with E-state index in [1.54, 1.807) is 7.11 Å².